The van der Waals surface area contributed by atoms with Crippen molar-refractivity contribution in [2.24, 2.45) is 10.8 Å². The molecule has 0 unspecified atom stereocenters. The van der Waals surface area contributed by atoms with Crippen molar-refractivity contribution >= 4 is 28.1 Å². The van der Waals surface area contributed by atoms with Crippen LogP contribution in [0, 0.1) is 35.5 Å². The Balaban J connectivity index is -0.000000383. The van der Waals surface area contributed by atoms with Gasteiger partial charge in [0.25, 0.3) is 0 Å². The van der Waals surface area contributed by atoms with Gasteiger partial charge in [-0.1, -0.05) is 51.1 Å². The number of terminal acetylenes is 2. The summed E-state index contributed by atoms with van der Waals surface area (Å²) in [6.07, 6.45) is 10.1. The summed E-state index contributed by atoms with van der Waals surface area (Å²) < 4.78 is 5.13. The Morgan fingerprint density at radius 2 is 1.24 bits per heavy atom. The fourth-order valence-corrected chi connectivity index (χ4v) is 2.47. The Morgan fingerprint density at radius 3 is 1.41 bits per heavy atom. The second-order valence-corrected chi connectivity index (χ2v) is 21.6. The monoisotopic (exact) mass is 442 g/mol. The number of aliphatic carboxylic acids is 1. The summed E-state index contributed by atoms with van der Waals surface area (Å²) >= 11 is 0. The molecule has 0 rings (SSSR count). The molecule has 5 nitrogen and oxygen atoms in total. The molecule has 0 aliphatic rings. The van der Waals surface area contributed by atoms with Crippen molar-refractivity contribution in [3.63, 3.8) is 0 Å². The van der Waals surface area contributed by atoms with Gasteiger partial charge < -0.3 is 14.9 Å². The summed E-state index contributed by atoms with van der Waals surface area (Å²) in [6.45, 7) is 20.7. The molecule has 7 heteroatoms. The first-order chi connectivity index (χ1) is 12.8. The number of carbonyl (C=O) groups excluding carboxylic acids is 1. The lowest BCUT2D eigenvalue weighted by Crippen LogP contribution is -2.28. The maximum atomic E-state index is 11.4. The number of hydrogen-bond donors (Lipinski definition) is 2. The van der Waals surface area contributed by atoms with Crippen molar-refractivity contribution < 1.29 is 24.5 Å². The van der Waals surface area contributed by atoms with Gasteiger partial charge in [-0.15, -0.1) is 12.8 Å². The third kappa shape index (κ3) is 21.0. The van der Waals surface area contributed by atoms with Gasteiger partial charge in [-0.2, -0.15) is 0 Å². The molecule has 29 heavy (non-hydrogen) atoms. The van der Waals surface area contributed by atoms with Gasteiger partial charge in [0.1, 0.15) is 10.8 Å². The van der Waals surface area contributed by atoms with Gasteiger partial charge in [-0.3, -0.25) is 9.59 Å². The van der Waals surface area contributed by atoms with Crippen molar-refractivity contribution in [2.45, 2.75) is 79.1 Å². The lowest BCUT2D eigenvalue weighted by molar-refractivity contribution is -0.150. The van der Waals surface area contributed by atoms with E-state index in [-0.39, 0.29) is 5.97 Å². The van der Waals surface area contributed by atoms with E-state index in [9.17, 15) is 9.59 Å². The predicted octanol–water partition coefficient (Wildman–Crippen LogP) is 4.57. The van der Waals surface area contributed by atoms with E-state index in [1.165, 1.54) is 13.8 Å². The van der Waals surface area contributed by atoms with E-state index in [2.05, 4.69) is 51.1 Å². The average Bonchev–Trinajstić information content (AvgIpc) is 2.53. The maximum Gasteiger partial charge on any atom is 0.323 e. The number of esters is 1. The van der Waals surface area contributed by atoms with E-state index >= 15 is 0 Å². The molecule has 0 aromatic carbocycles. The Kier molecular flexibility index (Phi) is 15.1. The summed E-state index contributed by atoms with van der Waals surface area (Å²) in [4.78, 5) is 21.5. The van der Waals surface area contributed by atoms with Gasteiger partial charge in [-0.25, -0.2) is 0 Å². The third-order valence-corrected chi connectivity index (χ3v) is 7.14. The van der Waals surface area contributed by atoms with E-state index in [1.54, 1.807) is 13.8 Å². The van der Waals surface area contributed by atoms with Crippen LogP contribution in [0.3, 0.4) is 0 Å². The van der Waals surface area contributed by atoms with Crippen LogP contribution in [0.5, 0.6) is 0 Å². The molecule has 0 radical (unpaired) electrons. The van der Waals surface area contributed by atoms with Crippen molar-refractivity contribution in [1.82, 2.24) is 0 Å². The first-order valence-electron chi connectivity index (χ1n) is 9.73. The van der Waals surface area contributed by atoms with E-state index in [0.29, 0.717) is 13.2 Å². The SMILES string of the molecule is C#CC(C)(C)C(=O)O.C#CC(C)(C)C(=O)OCC[Si](C)(C)C.C[Si](C)(C)CCO. The van der Waals surface area contributed by atoms with Gasteiger partial charge in [0, 0.05) is 22.8 Å². The molecule has 0 atom stereocenters. The first-order valence-corrected chi connectivity index (χ1v) is 17.1. The van der Waals surface area contributed by atoms with Gasteiger partial charge in [0.15, 0.2) is 0 Å². The van der Waals surface area contributed by atoms with Gasteiger partial charge in [0.05, 0.1) is 6.61 Å². The number of ether oxygens (including phenoxy) is 1. The zero-order chi connectivity index (χ0) is 24.1. The lowest BCUT2D eigenvalue weighted by atomic mass is 9.95. The minimum Gasteiger partial charge on any atom is -0.480 e. The van der Waals surface area contributed by atoms with Crippen LogP contribution in [0.4, 0.5) is 0 Å². The molecule has 0 bridgehead atoms. The zero-order valence-electron chi connectivity index (χ0n) is 20.1. The van der Waals surface area contributed by atoms with Crippen molar-refractivity contribution in [1.29, 1.82) is 0 Å². The van der Waals surface area contributed by atoms with Crippen LogP contribution in [0.2, 0.25) is 51.4 Å². The molecule has 0 amide bonds. The largest absolute Gasteiger partial charge is 0.480 e. The standard InChI is InChI=1S/C11H20O2Si.C6H8O2.C5H14OSi/c1-7-11(2,3)10(12)13-8-9-14(4,5)6;1-4-6(2,3)5(7)8;1-7(2,3)5-4-6/h1H,8-9H2,2-6H3;1H,2-3H3,(H,7,8);6H,4-5H2,1-3H3. The minimum absolute atomic E-state index is 0.293. The summed E-state index contributed by atoms with van der Waals surface area (Å²) in [6, 6.07) is 2.02. The zero-order valence-corrected chi connectivity index (χ0v) is 22.1. The van der Waals surface area contributed by atoms with E-state index in [4.69, 9.17) is 27.8 Å². The van der Waals surface area contributed by atoms with Crippen molar-refractivity contribution in [2.75, 3.05) is 13.2 Å². The fraction of sp³-hybridized carbons (Fsp3) is 0.727. The summed E-state index contributed by atoms with van der Waals surface area (Å²) in [7, 11) is -2.03. The molecule has 168 valence electrons. The van der Waals surface area contributed by atoms with Crippen LogP contribution in [0.25, 0.3) is 0 Å². The molecule has 0 aromatic heterocycles. The molecule has 0 spiro atoms. The van der Waals surface area contributed by atoms with Gasteiger partial charge in [0.2, 0.25) is 0 Å². The average molecular weight is 443 g/mol. The Labute approximate surface area is 180 Å². The van der Waals surface area contributed by atoms with Crippen molar-refractivity contribution in [3.05, 3.63) is 0 Å². The van der Waals surface area contributed by atoms with Crippen LogP contribution in [-0.2, 0) is 14.3 Å². The molecule has 0 aromatic rings. The highest BCUT2D eigenvalue weighted by atomic mass is 28.3. The third-order valence-electron chi connectivity index (χ3n) is 3.71. The number of aliphatic hydroxyl groups excluding tert-OH is 1. The number of carboxylic acid groups (broad SMARTS) is 1. The normalized spacial score (nSPS) is 11.5. The molecular formula is C22H42O5Si2. The van der Waals surface area contributed by atoms with Crippen molar-refractivity contribution in [3.8, 4) is 24.7 Å². The second kappa shape index (κ2) is 13.6. The lowest BCUT2D eigenvalue weighted by Gasteiger charge is -2.19. The van der Waals surface area contributed by atoms with Crippen LogP contribution in [0.1, 0.15) is 27.7 Å². The summed E-state index contributed by atoms with van der Waals surface area (Å²) in [5.74, 6) is 3.32. The number of aliphatic hydroxyl groups is 1. The van der Waals surface area contributed by atoms with Crippen LogP contribution >= 0.6 is 0 Å². The number of carbonyl (C=O) groups is 2. The molecule has 0 aliphatic heterocycles. The Bertz CT molecular complexity index is 582. The maximum absolute atomic E-state index is 11.4. The summed E-state index contributed by atoms with van der Waals surface area (Å²) in [5.41, 5.74) is -1.81. The van der Waals surface area contributed by atoms with E-state index < -0.39 is 32.9 Å². The fourth-order valence-electron chi connectivity index (χ4n) is 1.09. The highest BCUT2D eigenvalue weighted by Crippen LogP contribution is 2.16. The smallest absolute Gasteiger partial charge is 0.323 e. The highest BCUT2D eigenvalue weighted by molar-refractivity contribution is 6.76. The number of rotatable bonds is 7. The molecule has 0 saturated heterocycles. The van der Waals surface area contributed by atoms with Crippen LogP contribution < -0.4 is 0 Å². The molecular weight excluding hydrogens is 400 g/mol. The van der Waals surface area contributed by atoms with Crippen LogP contribution in [-0.4, -0.2) is 51.5 Å². The minimum atomic E-state index is -1.12. The highest BCUT2D eigenvalue weighted by Gasteiger charge is 2.27. The number of carboxylic acids is 1. The molecule has 0 fully saturated rings. The Morgan fingerprint density at radius 1 is 0.862 bits per heavy atom. The van der Waals surface area contributed by atoms with Crippen LogP contribution in [0.15, 0.2) is 0 Å². The van der Waals surface area contributed by atoms with Gasteiger partial charge in [-0.05, 0) is 39.8 Å². The molecule has 0 heterocycles. The topological polar surface area (TPSA) is 83.8 Å². The Hall–Kier alpha value is -1.55. The number of hydrogen-bond acceptors (Lipinski definition) is 4. The first kappa shape index (κ1) is 32.1. The molecule has 0 saturated carbocycles. The summed E-state index contributed by atoms with van der Waals surface area (Å²) in [5, 5.41) is 16.7. The molecule has 2 N–H and O–H groups in total. The van der Waals surface area contributed by atoms with E-state index in [1.807, 2.05) is 0 Å². The molecule has 0 aliphatic carbocycles. The van der Waals surface area contributed by atoms with Gasteiger partial charge >= 0.3 is 11.9 Å². The second-order valence-electron chi connectivity index (χ2n) is 10.3. The van der Waals surface area contributed by atoms with E-state index in [0.717, 1.165) is 12.1 Å². The quantitative estimate of drug-likeness (QED) is 0.343. The predicted molar refractivity (Wildman–Crippen MR) is 127 cm³/mol.